The molecule has 3 rings (SSSR count). The van der Waals surface area contributed by atoms with Crippen LogP contribution >= 0.6 is 0 Å². The molecule has 0 spiro atoms. The van der Waals surface area contributed by atoms with E-state index in [-0.39, 0.29) is 11.4 Å². The maximum atomic E-state index is 12.6. The van der Waals surface area contributed by atoms with Crippen molar-refractivity contribution in [2.24, 2.45) is 0 Å². The Hall–Kier alpha value is -2.32. The number of anilines is 2. The van der Waals surface area contributed by atoms with E-state index in [1.807, 2.05) is 48.2 Å². The number of para-hydroxylation sites is 2. The van der Waals surface area contributed by atoms with Crippen molar-refractivity contribution in [3.05, 3.63) is 35.7 Å². The molecule has 0 aromatic heterocycles. The van der Waals surface area contributed by atoms with Crippen molar-refractivity contribution in [3.63, 3.8) is 0 Å². The molecule has 5 heteroatoms. The van der Waals surface area contributed by atoms with Gasteiger partial charge in [0.15, 0.2) is 5.78 Å². The summed E-state index contributed by atoms with van der Waals surface area (Å²) in [6, 6.07) is 10.1. The third-order valence-corrected chi connectivity index (χ3v) is 4.42. The molecule has 114 valence electrons. The van der Waals surface area contributed by atoms with E-state index in [1.165, 1.54) is 0 Å². The zero-order chi connectivity index (χ0) is 15.7. The Kier molecular flexibility index (Phi) is 3.86. The summed E-state index contributed by atoms with van der Waals surface area (Å²) in [5.41, 5.74) is 2.27. The zero-order valence-corrected chi connectivity index (χ0v) is 13.0. The molecule has 0 radical (unpaired) electrons. The highest BCUT2D eigenvalue weighted by atomic mass is 16.1. The average Bonchev–Trinajstić information content (AvgIpc) is 3.11. The summed E-state index contributed by atoms with van der Waals surface area (Å²) in [6.45, 7) is 2.24. The quantitative estimate of drug-likeness (QED) is 0.630. The van der Waals surface area contributed by atoms with Gasteiger partial charge in [-0.25, -0.2) is 0 Å². The van der Waals surface area contributed by atoms with E-state index >= 15 is 0 Å². The van der Waals surface area contributed by atoms with Gasteiger partial charge in [-0.15, -0.1) is 0 Å². The second kappa shape index (κ2) is 5.82. The van der Waals surface area contributed by atoms with Crippen LogP contribution in [0, 0.1) is 11.3 Å². The van der Waals surface area contributed by atoms with Gasteiger partial charge in [-0.2, -0.15) is 5.26 Å². The SMILES string of the molecule is CN1C(=C(C#N)C(=O)CN2CCCC2)N(C)c2ccccc21. The topological polar surface area (TPSA) is 50.6 Å². The second-order valence-corrected chi connectivity index (χ2v) is 5.82. The molecule has 0 unspecified atom stereocenters. The minimum Gasteiger partial charge on any atom is -0.328 e. The number of hydrogen-bond acceptors (Lipinski definition) is 5. The molecule has 5 nitrogen and oxygen atoms in total. The van der Waals surface area contributed by atoms with E-state index in [9.17, 15) is 10.1 Å². The van der Waals surface area contributed by atoms with Crippen LogP contribution in [0.3, 0.4) is 0 Å². The highest BCUT2D eigenvalue weighted by molar-refractivity contribution is 6.03. The van der Waals surface area contributed by atoms with Crippen molar-refractivity contribution in [1.29, 1.82) is 5.26 Å². The largest absolute Gasteiger partial charge is 0.328 e. The minimum absolute atomic E-state index is 0.0918. The number of nitrogens with zero attached hydrogens (tertiary/aromatic N) is 4. The van der Waals surface area contributed by atoms with Gasteiger partial charge < -0.3 is 9.80 Å². The first-order valence-corrected chi connectivity index (χ1v) is 7.60. The number of likely N-dealkylation sites (tertiary alicyclic amines) is 1. The van der Waals surface area contributed by atoms with E-state index in [0.29, 0.717) is 12.4 Å². The Morgan fingerprint density at radius 2 is 1.68 bits per heavy atom. The fourth-order valence-electron chi connectivity index (χ4n) is 3.28. The first-order chi connectivity index (χ1) is 10.6. The molecule has 1 saturated heterocycles. The van der Waals surface area contributed by atoms with Crippen LogP contribution in [0.2, 0.25) is 0 Å². The van der Waals surface area contributed by atoms with Gasteiger partial charge in [0.2, 0.25) is 0 Å². The standard InChI is InChI=1S/C17H20N4O/c1-19-14-7-3-4-8-15(14)20(2)17(19)13(11-18)16(22)12-21-9-5-6-10-21/h3-4,7-8H,5-6,9-10,12H2,1-2H3. The summed E-state index contributed by atoms with van der Waals surface area (Å²) in [5, 5.41) is 9.54. The van der Waals surface area contributed by atoms with E-state index < -0.39 is 0 Å². The van der Waals surface area contributed by atoms with Gasteiger partial charge in [-0.05, 0) is 38.1 Å². The minimum atomic E-state index is -0.0918. The number of hydrogen-bond donors (Lipinski definition) is 0. The van der Waals surface area contributed by atoms with E-state index in [1.54, 1.807) is 0 Å². The molecule has 1 aromatic rings. The normalized spacial score (nSPS) is 17.6. The van der Waals surface area contributed by atoms with Crippen LogP contribution < -0.4 is 9.80 Å². The third-order valence-electron chi connectivity index (χ3n) is 4.42. The maximum absolute atomic E-state index is 12.6. The number of benzene rings is 1. The molecule has 2 heterocycles. The van der Waals surface area contributed by atoms with E-state index in [2.05, 4.69) is 11.0 Å². The van der Waals surface area contributed by atoms with Crippen LogP contribution in [-0.4, -0.2) is 44.4 Å². The first-order valence-electron chi connectivity index (χ1n) is 7.60. The van der Waals surface area contributed by atoms with Crippen LogP contribution in [0.25, 0.3) is 0 Å². The fourth-order valence-corrected chi connectivity index (χ4v) is 3.28. The Balaban J connectivity index is 1.93. The van der Waals surface area contributed by atoms with Gasteiger partial charge >= 0.3 is 0 Å². The van der Waals surface area contributed by atoms with Crippen molar-refractivity contribution in [3.8, 4) is 6.07 Å². The smallest absolute Gasteiger partial charge is 0.191 e. The molecule has 0 N–H and O–H groups in total. The van der Waals surface area contributed by atoms with Crippen molar-refractivity contribution in [2.45, 2.75) is 12.8 Å². The lowest BCUT2D eigenvalue weighted by molar-refractivity contribution is -0.116. The predicted octanol–water partition coefficient (Wildman–Crippen LogP) is 1.97. The molecule has 2 aliphatic heterocycles. The van der Waals surface area contributed by atoms with Crippen molar-refractivity contribution in [2.75, 3.05) is 43.5 Å². The summed E-state index contributed by atoms with van der Waals surface area (Å²) in [4.78, 5) is 18.6. The molecule has 0 atom stereocenters. The van der Waals surface area contributed by atoms with Crippen LogP contribution in [0.15, 0.2) is 35.7 Å². The molecule has 0 bridgehead atoms. The van der Waals surface area contributed by atoms with Crippen molar-refractivity contribution in [1.82, 2.24) is 4.90 Å². The highest BCUT2D eigenvalue weighted by Crippen LogP contribution is 2.40. The van der Waals surface area contributed by atoms with Crippen LogP contribution in [0.4, 0.5) is 11.4 Å². The molecule has 0 aliphatic carbocycles. The predicted molar refractivity (Wildman–Crippen MR) is 86.6 cm³/mol. The van der Waals surface area contributed by atoms with Crippen molar-refractivity contribution >= 4 is 17.2 Å². The maximum Gasteiger partial charge on any atom is 0.191 e. The van der Waals surface area contributed by atoms with Crippen LogP contribution in [0.1, 0.15) is 12.8 Å². The third kappa shape index (κ3) is 2.36. The zero-order valence-electron chi connectivity index (χ0n) is 13.0. The molecule has 2 aliphatic rings. The fraction of sp³-hybridized carbons (Fsp3) is 0.412. The summed E-state index contributed by atoms with van der Waals surface area (Å²) < 4.78 is 0. The molecule has 0 amide bonds. The lowest BCUT2D eigenvalue weighted by Gasteiger charge is -2.21. The molecule has 22 heavy (non-hydrogen) atoms. The highest BCUT2D eigenvalue weighted by Gasteiger charge is 2.31. The lowest BCUT2D eigenvalue weighted by Crippen LogP contribution is -2.32. The molecular weight excluding hydrogens is 276 g/mol. The van der Waals surface area contributed by atoms with E-state index in [0.717, 1.165) is 37.3 Å². The number of ketones is 1. The number of carbonyl (C=O) groups excluding carboxylic acids is 1. The molecule has 0 saturated carbocycles. The first kappa shape index (κ1) is 14.6. The summed E-state index contributed by atoms with van der Waals surface area (Å²) >= 11 is 0. The lowest BCUT2D eigenvalue weighted by atomic mass is 10.1. The number of fused-ring (bicyclic) bond motifs is 1. The van der Waals surface area contributed by atoms with Gasteiger partial charge in [-0.3, -0.25) is 9.69 Å². The Bertz CT molecular complexity index is 636. The number of rotatable bonds is 3. The van der Waals surface area contributed by atoms with Gasteiger partial charge in [0, 0.05) is 14.1 Å². The Morgan fingerprint density at radius 3 is 2.18 bits per heavy atom. The van der Waals surface area contributed by atoms with Crippen molar-refractivity contribution < 1.29 is 4.79 Å². The number of Topliss-reactive ketones (excluding diaryl/α,β-unsaturated/α-hetero) is 1. The van der Waals surface area contributed by atoms with E-state index in [4.69, 9.17) is 0 Å². The van der Waals surface area contributed by atoms with Gasteiger partial charge in [0.1, 0.15) is 17.5 Å². The summed E-state index contributed by atoms with van der Waals surface area (Å²) in [6.07, 6.45) is 2.27. The van der Waals surface area contributed by atoms with Gasteiger partial charge in [-0.1, -0.05) is 12.1 Å². The van der Waals surface area contributed by atoms with Gasteiger partial charge in [0.05, 0.1) is 17.9 Å². The monoisotopic (exact) mass is 296 g/mol. The summed E-state index contributed by atoms with van der Waals surface area (Å²) in [7, 11) is 3.80. The number of nitriles is 1. The molecular formula is C17H20N4O. The average molecular weight is 296 g/mol. The van der Waals surface area contributed by atoms with Gasteiger partial charge in [0.25, 0.3) is 0 Å². The Labute approximate surface area is 131 Å². The summed E-state index contributed by atoms with van der Waals surface area (Å²) in [5.74, 6) is 0.582. The molecule has 1 aromatic carbocycles. The van der Waals surface area contributed by atoms with Crippen LogP contribution in [-0.2, 0) is 4.79 Å². The Morgan fingerprint density at radius 1 is 1.14 bits per heavy atom. The molecule has 1 fully saturated rings. The second-order valence-electron chi connectivity index (χ2n) is 5.82. The number of carbonyl (C=O) groups is 1. The van der Waals surface area contributed by atoms with Crippen LogP contribution in [0.5, 0.6) is 0 Å².